The van der Waals surface area contributed by atoms with E-state index in [1.54, 1.807) is 11.9 Å². The fourth-order valence-electron chi connectivity index (χ4n) is 2.56. The Labute approximate surface area is 120 Å². The molecule has 1 aromatic rings. The SMILES string of the molecule is CCCCN1C[C@@H](C(=O)N(C)c2ccccc2)CC1=O. The first-order chi connectivity index (χ1) is 9.63. The molecule has 0 aliphatic carbocycles. The summed E-state index contributed by atoms with van der Waals surface area (Å²) in [5.41, 5.74) is 0.872. The third-order valence-electron chi connectivity index (χ3n) is 3.82. The van der Waals surface area contributed by atoms with Crippen LogP contribution in [0, 0.1) is 5.92 Å². The molecule has 1 saturated heterocycles. The molecular weight excluding hydrogens is 252 g/mol. The molecule has 4 nitrogen and oxygen atoms in total. The molecule has 2 rings (SSSR count). The standard InChI is InChI=1S/C16H22N2O2/c1-3-4-10-18-12-13(11-15(18)19)16(20)17(2)14-8-6-5-7-9-14/h5-9,13H,3-4,10-12H2,1-2H3/t13-/m0/s1. The molecule has 0 N–H and O–H groups in total. The molecule has 0 aromatic heterocycles. The second-order valence-electron chi connectivity index (χ2n) is 5.33. The van der Waals surface area contributed by atoms with E-state index in [4.69, 9.17) is 0 Å². The number of carbonyl (C=O) groups is 2. The summed E-state index contributed by atoms with van der Waals surface area (Å²) in [7, 11) is 1.77. The van der Waals surface area contributed by atoms with Gasteiger partial charge < -0.3 is 9.80 Å². The van der Waals surface area contributed by atoms with Gasteiger partial charge in [-0.15, -0.1) is 0 Å². The van der Waals surface area contributed by atoms with Gasteiger partial charge in [0.1, 0.15) is 0 Å². The van der Waals surface area contributed by atoms with Crippen LogP contribution >= 0.6 is 0 Å². The number of hydrogen-bond acceptors (Lipinski definition) is 2. The molecule has 108 valence electrons. The maximum atomic E-state index is 12.5. The van der Waals surface area contributed by atoms with E-state index in [-0.39, 0.29) is 17.7 Å². The fourth-order valence-corrected chi connectivity index (χ4v) is 2.56. The van der Waals surface area contributed by atoms with E-state index >= 15 is 0 Å². The average Bonchev–Trinajstić information content (AvgIpc) is 2.85. The van der Waals surface area contributed by atoms with E-state index in [1.165, 1.54) is 0 Å². The van der Waals surface area contributed by atoms with Crippen molar-refractivity contribution in [3.8, 4) is 0 Å². The Morgan fingerprint density at radius 3 is 2.70 bits per heavy atom. The minimum absolute atomic E-state index is 0.0311. The lowest BCUT2D eigenvalue weighted by Gasteiger charge is -2.21. The lowest BCUT2D eigenvalue weighted by atomic mass is 10.1. The van der Waals surface area contributed by atoms with Crippen molar-refractivity contribution >= 4 is 17.5 Å². The third-order valence-corrected chi connectivity index (χ3v) is 3.82. The summed E-state index contributed by atoms with van der Waals surface area (Å²) in [6.45, 7) is 3.44. The second-order valence-corrected chi connectivity index (χ2v) is 5.33. The van der Waals surface area contributed by atoms with Crippen molar-refractivity contribution in [1.82, 2.24) is 4.90 Å². The van der Waals surface area contributed by atoms with E-state index in [0.717, 1.165) is 25.1 Å². The number of carbonyl (C=O) groups excluding carboxylic acids is 2. The maximum absolute atomic E-state index is 12.5. The first kappa shape index (κ1) is 14.6. The van der Waals surface area contributed by atoms with Gasteiger partial charge in [-0.25, -0.2) is 0 Å². The Kier molecular flexibility index (Phi) is 4.77. The zero-order chi connectivity index (χ0) is 14.5. The van der Waals surface area contributed by atoms with Crippen molar-refractivity contribution in [3.63, 3.8) is 0 Å². The zero-order valence-corrected chi connectivity index (χ0v) is 12.2. The monoisotopic (exact) mass is 274 g/mol. The molecule has 4 heteroatoms. The highest BCUT2D eigenvalue weighted by molar-refractivity contribution is 5.98. The lowest BCUT2D eigenvalue weighted by molar-refractivity contribution is -0.128. The molecule has 1 aromatic carbocycles. The summed E-state index contributed by atoms with van der Waals surface area (Å²) in [5.74, 6) is -0.0635. The molecule has 0 spiro atoms. The summed E-state index contributed by atoms with van der Waals surface area (Å²) in [5, 5.41) is 0. The third kappa shape index (κ3) is 3.18. The van der Waals surface area contributed by atoms with Crippen molar-refractivity contribution in [3.05, 3.63) is 30.3 Å². The fraction of sp³-hybridized carbons (Fsp3) is 0.500. The van der Waals surface area contributed by atoms with Crippen molar-refractivity contribution in [2.75, 3.05) is 25.0 Å². The van der Waals surface area contributed by atoms with Crippen LogP contribution in [0.3, 0.4) is 0 Å². The minimum Gasteiger partial charge on any atom is -0.342 e. The maximum Gasteiger partial charge on any atom is 0.232 e. The van der Waals surface area contributed by atoms with Crippen LogP contribution in [0.2, 0.25) is 0 Å². The topological polar surface area (TPSA) is 40.6 Å². The Morgan fingerprint density at radius 1 is 1.35 bits per heavy atom. The predicted molar refractivity (Wildman–Crippen MR) is 79.4 cm³/mol. The van der Waals surface area contributed by atoms with Crippen molar-refractivity contribution < 1.29 is 9.59 Å². The Balaban J connectivity index is 1.98. The van der Waals surface area contributed by atoms with Gasteiger partial charge in [-0.3, -0.25) is 9.59 Å². The summed E-state index contributed by atoms with van der Waals surface area (Å²) in [4.78, 5) is 27.8. The molecule has 0 unspecified atom stereocenters. The van der Waals surface area contributed by atoms with E-state index < -0.39 is 0 Å². The van der Waals surface area contributed by atoms with E-state index in [9.17, 15) is 9.59 Å². The molecule has 1 heterocycles. The number of anilines is 1. The number of nitrogens with zero attached hydrogens (tertiary/aromatic N) is 2. The van der Waals surface area contributed by atoms with Gasteiger partial charge in [-0.2, -0.15) is 0 Å². The molecule has 1 atom stereocenters. The summed E-state index contributed by atoms with van der Waals surface area (Å²) in [6.07, 6.45) is 2.41. The highest BCUT2D eigenvalue weighted by atomic mass is 16.2. The number of hydrogen-bond donors (Lipinski definition) is 0. The number of unbranched alkanes of at least 4 members (excludes halogenated alkanes) is 1. The number of rotatable bonds is 5. The van der Waals surface area contributed by atoms with Crippen molar-refractivity contribution in [2.45, 2.75) is 26.2 Å². The normalized spacial score (nSPS) is 18.4. The summed E-state index contributed by atoms with van der Waals surface area (Å²) < 4.78 is 0. The highest BCUT2D eigenvalue weighted by Gasteiger charge is 2.35. The molecule has 0 radical (unpaired) electrons. The molecule has 1 aliphatic heterocycles. The number of amides is 2. The highest BCUT2D eigenvalue weighted by Crippen LogP contribution is 2.22. The van der Waals surface area contributed by atoms with Gasteiger partial charge in [0.05, 0.1) is 5.92 Å². The quantitative estimate of drug-likeness (QED) is 0.826. The van der Waals surface area contributed by atoms with Gasteiger partial charge in [0, 0.05) is 32.2 Å². The minimum atomic E-state index is -0.204. The predicted octanol–water partition coefficient (Wildman–Crippen LogP) is 2.30. The van der Waals surface area contributed by atoms with Crippen LogP contribution < -0.4 is 4.90 Å². The van der Waals surface area contributed by atoms with Crippen LogP contribution in [-0.2, 0) is 9.59 Å². The van der Waals surface area contributed by atoms with Gasteiger partial charge in [0.15, 0.2) is 0 Å². The van der Waals surface area contributed by atoms with E-state index in [0.29, 0.717) is 13.0 Å². The Bertz CT molecular complexity index is 473. The summed E-state index contributed by atoms with van der Waals surface area (Å²) >= 11 is 0. The van der Waals surface area contributed by atoms with Crippen molar-refractivity contribution in [1.29, 1.82) is 0 Å². The number of para-hydroxylation sites is 1. The van der Waals surface area contributed by atoms with E-state index in [2.05, 4.69) is 6.92 Å². The first-order valence-corrected chi connectivity index (χ1v) is 7.24. The molecule has 2 amide bonds. The van der Waals surface area contributed by atoms with Gasteiger partial charge in [0.2, 0.25) is 11.8 Å². The first-order valence-electron chi connectivity index (χ1n) is 7.24. The van der Waals surface area contributed by atoms with Crippen LogP contribution in [0.1, 0.15) is 26.2 Å². The number of likely N-dealkylation sites (tertiary alicyclic amines) is 1. The summed E-state index contributed by atoms with van der Waals surface area (Å²) in [6, 6.07) is 9.55. The van der Waals surface area contributed by atoms with Crippen LogP contribution in [-0.4, -0.2) is 36.9 Å². The van der Waals surface area contributed by atoms with Gasteiger partial charge in [-0.1, -0.05) is 31.5 Å². The molecular formula is C16H22N2O2. The van der Waals surface area contributed by atoms with Crippen LogP contribution in [0.15, 0.2) is 30.3 Å². The molecule has 0 bridgehead atoms. The van der Waals surface area contributed by atoms with Gasteiger partial charge >= 0.3 is 0 Å². The van der Waals surface area contributed by atoms with Crippen LogP contribution in [0.5, 0.6) is 0 Å². The van der Waals surface area contributed by atoms with Crippen molar-refractivity contribution in [2.24, 2.45) is 5.92 Å². The lowest BCUT2D eigenvalue weighted by Crippen LogP contribution is -2.34. The second kappa shape index (κ2) is 6.55. The number of benzene rings is 1. The average molecular weight is 274 g/mol. The van der Waals surface area contributed by atoms with Crippen LogP contribution in [0.4, 0.5) is 5.69 Å². The van der Waals surface area contributed by atoms with Gasteiger partial charge in [0.25, 0.3) is 0 Å². The molecule has 1 fully saturated rings. The van der Waals surface area contributed by atoms with Gasteiger partial charge in [-0.05, 0) is 18.6 Å². The molecule has 1 aliphatic rings. The Hall–Kier alpha value is -1.84. The smallest absolute Gasteiger partial charge is 0.232 e. The molecule has 20 heavy (non-hydrogen) atoms. The Morgan fingerprint density at radius 2 is 2.05 bits per heavy atom. The largest absolute Gasteiger partial charge is 0.342 e. The molecule has 0 saturated carbocycles. The van der Waals surface area contributed by atoms with Crippen LogP contribution in [0.25, 0.3) is 0 Å². The van der Waals surface area contributed by atoms with E-state index in [1.807, 2.05) is 35.2 Å². The zero-order valence-electron chi connectivity index (χ0n) is 12.2.